The lowest BCUT2D eigenvalue weighted by atomic mass is 9.91. The molecule has 0 aliphatic carbocycles. The third kappa shape index (κ3) is 3.52. The molecule has 0 radical (unpaired) electrons. The summed E-state index contributed by atoms with van der Waals surface area (Å²) in [6.07, 6.45) is 1.55. The normalized spacial score (nSPS) is 26.5. The van der Waals surface area contributed by atoms with E-state index in [-0.39, 0.29) is 11.5 Å². The predicted octanol–water partition coefficient (Wildman–Crippen LogP) is 3.67. The van der Waals surface area contributed by atoms with E-state index < -0.39 is 6.10 Å². The van der Waals surface area contributed by atoms with Gasteiger partial charge in [-0.05, 0) is 45.1 Å². The lowest BCUT2D eigenvalue weighted by molar-refractivity contribution is -0.140. The molecule has 1 fully saturated rings. The molecule has 0 bridgehead atoms. The Balaban J connectivity index is 1.71. The highest BCUT2D eigenvalue weighted by Crippen LogP contribution is 2.42. The van der Waals surface area contributed by atoms with E-state index in [1.807, 2.05) is 24.0 Å². The average Bonchev–Trinajstić information content (AvgIpc) is 2.80. The SMILES string of the molecule is C[C@@H]1C[C@H](C)CN(C(=O)[C@@H](C)Oc2cccc3c2OC(C)(C)C3)C1. The molecule has 24 heavy (non-hydrogen) atoms. The lowest BCUT2D eigenvalue weighted by Crippen LogP contribution is -2.47. The number of ether oxygens (including phenoxy) is 2. The molecular formula is C20H29NO3. The van der Waals surface area contributed by atoms with Gasteiger partial charge in [-0.1, -0.05) is 26.0 Å². The van der Waals surface area contributed by atoms with Crippen LogP contribution in [0.25, 0.3) is 0 Å². The molecule has 0 spiro atoms. The predicted molar refractivity (Wildman–Crippen MR) is 94.5 cm³/mol. The van der Waals surface area contributed by atoms with Crippen LogP contribution in [0.2, 0.25) is 0 Å². The maximum absolute atomic E-state index is 12.8. The Bertz CT molecular complexity index is 615. The Morgan fingerprint density at radius 1 is 1.29 bits per heavy atom. The van der Waals surface area contributed by atoms with Gasteiger partial charge in [0.05, 0.1) is 0 Å². The molecule has 132 valence electrons. The third-order valence-electron chi connectivity index (χ3n) is 4.89. The summed E-state index contributed by atoms with van der Waals surface area (Å²) < 4.78 is 12.1. The highest BCUT2D eigenvalue weighted by molar-refractivity contribution is 5.81. The van der Waals surface area contributed by atoms with Gasteiger partial charge < -0.3 is 14.4 Å². The van der Waals surface area contributed by atoms with Gasteiger partial charge in [0.15, 0.2) is 17.6 Å². The van der Waals surface area contributed by atoms with Gasteiger partial charge in [0.1, 0.15) is 5.60 Å². The third-order valence-corrected chi connectivity index (χ3v) is 4.89. The molecule has 4 heteroatoms. The molecule has 4 nitrogen and oxygen atoms in total. The Morgan fingerprint density at radius 2 is 1.96 bits per heavy atom. The number of nitrogens with zero attached hydrogens (tertiary/aromatic N) is 1. The van der Waals surface area contributed by atoms with E-state index in [0.717, 1.165) is 30.8 Å². The zero-order valence-electron chi connectivity index (χ0n) is 15.5. The van der Waals surface area contributed by atoms with Crippen LogP contribution in [-0.2, 0) is 11.2 Å². The van der Waals surface area contributed by atoms with Crippen molar-refractivity contribution in [2.24, 2.45) is 11.8 Å². The second-order valence-electron chi connectivity index (χ2n) is 8.23. The van der Waals surface area contributed by atoms with E-state index in [2.05, 4.69) is 33.8 Å². The zero-order valence-corrected chi connectivity index (χ0v) is 15.5. The molecule has 0 aromatic heterocycles. The fraction of sp³-hybridized carbons (Fsp3) is 0.650. The van der Waals surface area contributed by atoms with Crippen LogP contribution in [0.4, 0.5) is 0 Å². The van der Waals surface area contributed by atoms with Crippen molar-refractivity contribution in [1.82, 2.24) is 4.90 Å². The van der Waals surface area contributed by atoms with Crippen LogP contribution >= 0.6 is 0 Å². The number of hydrogen-bond donors (Lipinski definition) is 0. The first-order valence-electron chi connectivity index (χ1n) is 9.01. The summed E-state index contributed by atoms with van der Waals surface area (Å²) in [5.41, 5.74) is 0.935. The van der Waals surface area contributed by atoms with Crippen molar-refractivity contribution in [2.45, 2.75) is 59.2 Å². The second kappa shape index (κ2) is 6.30. The molecule has 3 rings (SSSR count). The number of amides is 1. The number of rotatable bonds is 3. The number of benzene rings is 1. The van der Waals surface area contributed by atoms with Gasteiger partial charge in [0.2, 0.25) is 0 Å². The Kier molecular flexibility index (Phi) is 4.50. The molecule has 0 saturated carbocycles. The molecule has 3 atom stereocenters. The first kappa shape index (κ1) is 17.1. The Morgan fingerprint density at radius 3 is 2.62 bits per heavy atom. The minimum atomic E-state index is -0.499. The summed E-state index contributed by atoms with van der Waals surface area (Å²) in [7, 11) is 0. The molecule has 1 saturated heterocycles. The highest BCUT2D eigenvalue weighted by atomic mass is 16.5. The second-order valence-corrected chi connectivity index (χ2v) is 8.23. The summed E-state index contributed by atoms with van der Waals surface area (Å²) in [4.78, 5) is 14.7. The number of carbonyl (C=O) groups is 1. The lowest BCUT2D eigenvalue weighted by Gasteiger charge is -2.36. The number of fused-ring (bicyclic) bond motifs is 1. The van der Waals surface area contributed by atoms with Crippen LogP contribution in [0, 0.1) is 11.8 Å². The number of para-hydroxylation sites is 1. The van der Waals surface area contributed by atoms with Crippen LogP contribution in [-0.4, -0.2) is 35.6 Å². The van der Waals surface area contributed by atoms with Gasteiger partial charge in [0, 0.05) is 25.1 Å². The Labute approximate surface area is 145 Å². The average molecular weight is 331 g/mol. The van der Waals surface area contributed by atoms with E-state index in [9.17, 15) is 4.79 Å². The van der Waals surface area contributed by atoms with Crippen LogP contribution in [0.1, 0.15) is 46.6 Å². The number of carbonyl (C=O) groups excluding carboxylic acids is 1. The van der Waals surface area contributed by atoms with Crippen LogP contribution in [0.5, 0.6) is 11.5 Å². The molecule has 0 unspecified atom stereocenters. The number of piperidine rings is 1. The molecule has 2 aliphatic heterocycles. The van der Waals surface area contributed by atoms with Crippen molar-refractivity contribution in [3.05, 3.63) is 23.8 Å². The van der Waals surface area contributed by atoms with Crippen molar-refractivity contribution < 1.29 is 14.3 Å². The van der Waals surface area contributed by atoms with Gasteiger partial charge >= 0.3 is 0 Å². The maximum atomic E-state index is 12.8. The molecule has 1 amide bonds. The fourth-order valence-electron chi connectivity index (χ4n) is 4.02. The van der Waals surface area contributed by atoms with Crippen LogP contribution in [0.3, 0.4) is 0 Å². The van der Waals surface area contributed by atoms with E-state index in [1.54, 1.807) is 0 Å². The molecule has 1 aromatic carbocycles. The molecule has 2 aliphatic rings. The van der Waals surface area contributed by atoms with Gasteiger partial charge in [0.25, 0.3) is 5.91 Å². The van der Waals surface area contributed by atoms with E-state index in [1.165, 1.54) is 6.42 Å². The van der Waals surface area contributed by atoms with Gasteiger partial charge in [-0.25, -0.2) is 0 Å². The topological polar surface area (TPSA) is 38.8 Å². The van der Waals surface area contributed by atoms with Gasteiger partial charge in [-0.3, -0.25) is 4.79 Å². The van der Waals surface area contributed by atoms with Crippen LogP contribution < -0.4 is 9.47 Å². The zero-order chi connectivity index (χ0) is 17.5. The van der Waals surface area contributed by atoms with Crippen molar-refractivity contribution >= 4 is 5.91 Å². The summed E-state index contributed by atoms with van der Waals surface area (Å²) in [5, 5.41) is 0. The maximum Gasteiger partial charge on any atom is 0.263 e. The van der Waals surface area contributed by atoms with E-state index >= 15 is 0 Å². The highest BCUT2D eigenvalue weighted by Gasteiger charge is 2.34. The standard InChI is InChI=1S/C20H29NO3/c1-13-9-14(2)12-21(11-13)19(22)15(3)23-17-8-6-7-16-10-20(4,5)24-18(16)17/h6-8,13-15H,9-12H2,1-5H3/t13-,14+,15-/m1/s1. The molecule has 1 aromatic rings. The summed E-state index contributed by atoms with van der Waals surface area (Å²) >= 11 is 0. The molecular weight excluding hydrogens is 302 g/mol. The van der Waals surface area contributed by atoms with E-state index in [4.69, 9.17) is 9.47 Å². The number of likely N-dealkylation sites (tertiary alicyclic amines) is 1. The first-order chi connectivity index (χ1) is 11.2. The number of hydrogen-bond acceptors (Lipinski definition) is 3. The largest absolute Gasteiger partial charge is 0.483 e. The minimum Gasteiger partial charge on any atom is -0.483 e. The fourth-order valence-corrected chi connectivity index (χ4v) is 4.02. The summed E-state index contributed by atoms with van der Waals surface area (Å²) in [5.74, 6) is 2.65. The van der Waals surface area contributed by atoms with Crippen molar-refractivity contribution in [3.63, 3.8) is 0 Å². The van der Waals surface area contributed by atoms with Crippen molar-refractivity contribution in [1.29, 1.82) is 0 Å². The monoisotopic (exact) mass is 331 g/mol. The van der Waals surface area contributed by atoms with Crippen molar-refractivity contribution in [3.8, 4) is 11.5 Å². The minimum absolute atomic E-state index is 0.0725. The Hall–Kier alpha value is -1.71. The van der Waals surface area contributed by atoms with Gasteiger partial charge in [-0.2, -0.15) is 0 Å². The molecule has 0 N–H and O–H groups in total. The summed E-state index contributed by atoms with van der Waals surface area (Å²) in [6, 6.07) is 5.93. The quantitative estimate of drug-likeness (QED) is 0.848. The van der Waals surface area contributed by atoms with E-state index in [0.29, 0.717) is 17.6 Å². The first-order valence-corrected chi connectivity index (χ1v) is 9.01. The molecule has 2 heterocycles. The van der Waals surface area contributed by atoms with Gasteiger partial charge in [-0.15, -0.1) is 0 Å². The van der Waals surface area contributed by atoms with Crippen LogP contribution in [0.15, 0.2) is 18.2 Å². The van der Waals surface area contributed by atoms with Crippen molar-refractivity contribution in [2.75, 3.05) is 13.1 Å². The summed E-state index contributed by atoms with van der Waals surface area (Å²) in [6.45, 7) is 12.1. The smallest absolute Gasteiger partial charge is 0.263 e.